The van der Waals surface area contributed by atoms with E-state index in [1.807, 2.05) is 25.1 Å². The van der Waals surface area contributed by atoms with Crippen LogP contribution in [0.5, 0.6) is 0 Å². The Morgan fingerprint density at radius 2 is 2.30 bits per heavy atom. The van der Waals surface area contributed by atoms with Crippen molar-refractivity contribution in [1.82, 2.24) is 9.78 Å². The number of halogens is 1. The maximum Gasteiger partial charge on any atom is 0.404 e. The fourth-order valence-electron chi connectivity index (χ4n) is 1.66. The van der Waals surface area contributed by atoms with Crippen LogP contribution in [0.25, 0.3) is 0 Å². The Morgan fingerprint density at radius 3 is 2.90 bits per heavy atom. The number of carbonyl (C=O) groups is 1. The zero-order chi connectivity index (χ0) is 14.7. The summed E-state index contributed by atoms with van der Waals surface area (Å²) >= 11 is 3.03. The molecule has 0 aliphatic heterocycles. The van der Waals surface area contributed by atoms with Gasteiger partial charge < -0.3 is 15.4 Å². The highest BCUT2D eigenvalue weighted by Crippen LogP contribution is 2.21. The van der Waals surface area contributed by atoms with Crippen molar-refractivity contribution < 1.29 is 9.72 Å². The Morgan fingerprint density at radius 1 is 1.55 bits per heavy atom. The average Bonchev–Trinajstić information content (AvgIpc) is 2.70. The number of aromatic nitrogens is 2. The first-order valence-electron chi connectivity index (χ1n) is 5.69. The van der Waals surface area contributed by atoms with Gasteiger partial charge in [-0.25, -0.2) is 0 Å². The minimum Gasteiger partial charge on any atom is -0.358 e. The van der Waals surface area contributed by atoms with Crippen molar-refractivity contribution in [2.24, 2.45) is 0 Å². The van der Waals surface area contributed by atoms with E-state index < -0.39 is 4.92 Å². The second-order valence-corrected chi connectivity index (χ2v) is 5.03. The minimum absolute atomic E-state index is 0.0968. The summed E-state index contributed by atoms with van der Waals surface area (Å²) in [5.74, 6) is -0.617. The molecule has 2 rings (SSSR count). The van der Waals surface area contributed by atoms with Crippen LogP contribution in [-0.2, 0) is 11.3 Å². The predicted octanol–water partition coefficient (Wildman–Crippen LogP) is 2.50. The zero-order valence-electron chi connectivity index (χ0n) is 10.5. The molecule has 20 heavy (non-hydrogen) atoms. The number of rotatable bonds is 4. The molecule has 1 amide bonds. The maximum absolute atomic E-state index is 11.8. The standard InChI is InChI=1S/C12H11BrN4O3/c1-8-3-2-4-9(5-8)14-11(18)7-16-6-10(13)12(15-16)17(19)20/h2-6H,7H2,1H3,(H,14,18). The molecule has 2 aromatic rings. The molecule has 0 unspecified atom stereocenters. The highest BCUT2D eigenvalue weighted by atomic mass is 79.9. The SMILES string of the molecule is Cc1cccc(NC(=O)Cn2cc(Br)c([N+](=O)[O-])n2)c1. The van der Waals surface area contributed by atoms with E-state index in [0.29, 0.717) is 5.69 Å². The Balaban J connectivity index is 2.05. The number of amides is 1. The molecule has 0 bridgehead atoms. The van der Waals surface area contributed by atoms with Gasteiger partial charge in [-0.3, -0.25) is 4.79 Å². The molecular formula is C12H11BrN4O3. The first-order chi connectivity index (χ1) is 9.45. The summed E-state index contributed by atoms with van der Waals surface area (Å²) in [5.41, 5.74) is 1.70. The Kier molecular flexibility index (Phi) is 4.14. The van der Waals surface area contributed by atoms with Crippen LogP contribution < -0.4 is 5.32 Å². The van der Waals surface area contributed by atoms with Crippen LogP contribution in [0.4, 0.5) is 11.5 Å². The molecule has 0 aliphatic rings. The predicted molar refractivity (Wildman–Crippen MR) is 76.4 cm³/mol. The van der Waals surface area contributed by atoms with Crippen LogP contribution in [0.2, 0.25) is 0 Å². The molecule has 1 N–H and O–H groups in total. The van der Waals surface area contributed by atoms with E-state index in [-0.39, 0.29) is 22.7 Å². The van der Waals surface area contributed by atoms with Crippen molar-refractivity contribution in [3.63, 3.8) is 0 Å². The highest BCUT2D eigenvalue weighted by molar-refractivity contribution is 9.10. The fraction of sp³-hybridized carbons (Fsp3) is 0.167. The third-order valence-electron chi connectivity index (χ3n) is 2.48. The second-order valence-electron chi connectivity index (χ2n) is 4.17. The molecule has 104 valence electrons. The quantitative estimate of drug-likeness (QED) is 0.684. The molecule has 1 aromatic heterocycles. The lowest BCUT2D eigenvalue weighted by atomic mass is 10.2. The van der Waals surface area contributed by atoms with E-state index in [0.717, 1.165) is 5.56 Å². The molecule has 0 aliphatic carbocycles. The molecule has 1 aromatic carbocycles. The molecule has 0 saturated carbocycles. The van der Waals surface area contributed by atoms with Gasteiger partial charge in [0.2, 0.25) is 5.91 Å². The molecule has 0 fully saturated rings. The minimum atomic E-state index is -0.612. The van der Waals surface area contributed by atoms with Gasteiger partial charge in [-0.15, -0.1) is 0 Å². The van der Waals surface area contributed by atoms with E-state index in [9.17, 15) is 14.9 Å². The molecule has 0 atom stereocenters. The fourth-order valence-corrected chi connectivity index (χ4v) is 2.12. The third-order valence-corrected chi connectivity index (χ3v) is 3.04. The number of nitrogens with one attached hydrogen (secondary N) is 1. The van der Waals surface area contributed by atoms with E-state index in [1.54, 1.807) is 6.07 Å². The van der Waals surface area contributed by atoms with Gasteiger partial charge in [0.25, 0.3) is 0 Å². The molecule has 0 saturated heterocycles. The third kappa shape index (κ3) is 3.41. The van der Waals surface area contributed by atoms with E-state index in [4.69, 9.17) is 0 Å². The number of hydrogen-bond acceptors (Lipinski definition) is 4. The van der Waals surface area contributed by atoms with Crippen molar-refractivity contribution in [3.8, 4) is 0 Å². The van der Waals surface area contributed by atoms with Crippen LogP contribution in [0.15, 0.2) is 34.9 Å². The summed E-state index contributed by atoms with van der Waals surface area (Å²) in [5, 5.41) is 17.1. The van der Waals surface area contributed by atoms with Gasteiger partial charge in [-0.05, 0) is 45.5 Å². The summed E-state index contributed by atoms with van der Waals surface area (Å²) in [7, 11) is 0. The molecular weight excluding hydrogens is 328 g/mol. The lowest BCUT2D eigenvalue weighted by Crippen LogP contribution is -2.19. The topological polar surface area (TPSA) is 90.1 Å². The maximum atomic E-state index is 11.8. The van der Waals surface area contributed by atoms with Crippen LogP contribution >= 0.6 is 15.9 Å². The van der Waals surface area contributed by atoms with Gasteiger partial charge >= 0.3 is 5.82 Å². The molecule has 1 heterocycles. The summed E-state index contributed by atoms with van der Waals surface area (Å²) in [4.78, 5) is 21.9. The van der Waals surface area contributed by atoms with Crippen LogP contribution in [0, 0.1) is 17.0 Å². The lowest BCUT2D eigenvalue weighted by Gasteiger charge is -2.04. The second kappa shape index (κ2) is 5.83. The van der Waals surface area contributed by atoms with E-state index in [2.05, 4.69) is 26.3 Å². The number of aryl methyl sites for hydroxylation is 1. The monoisotopic (exact) mass is 338 g/mol. The first-order valence-corrected chi connectivity index (χ1v) is 6.49. The number of nitro groups is 1. The number of nitrogens with zero attached hydrogens (tertiary/aromatic N) is 3. The number of anilines is 1. The summed E-state index contributed by atoms with van der Waals surface area (Å²) in [6.07, 6.45) is 1.40. The molecule has 0 spiro atoms. The van der Waals surface area contributed by atoms with Gasteiger partial charge in [0.1, 0.15) is 11.0 Å². The van der Waals surface area contributed by atoms with Crippen molar-refractivity contribution in [3.05, 3.63) is 50.6 Å². The number of hydrogen-bond donors (Lipinski definition) is 1. The van der Waals surface area contributed by atoms with Crippen molar-refractivity contribution >= 4 is 33.3 Å². The average molecular weight is 339 g/mol. The first kappa shape index (κ1) is 14.2. The van der Waals surface area contributed by atoms with Gasteiger partial charge in [0.05, 0.1) is 11.3 Å². The summed E-state index contributed by atoms with van der Waals surface area (Å²) in [6, 6.07) is 7.36. The van der Waals surface area contributed by atoms with Crippen LogP contribution in [0.3, 0.4) is 0 Å². The van der Waals surface area contributed by atoms with Crippen molar-refractivity contribution in [1.29, 1.82) is 0 Å². The van der Waals surface area contributed by atoms with E-state index in [1.165, 1.54) is 10.9 Å². The molecule has 7 nitrogen and oxygen atoms in total. The largest absolute Gasteiger partial charge is 0.404 e. The lowest BCUT2D eigenvalue weighted by molar-refractivity contribution is -0.390. The van der Waals surface area contributed by atoms with Gasteiger partial charge in [-0.2, -0.15) is 4.68 Å². The highest BCUT2D eigenvalue weighted by Gasteiger charge is 2.19. The van der Waals surface area contributed by atoms with Crippen LogP contribution in [-0.4, -0.2) is 20.6 Å². The summed E-state index contributed by atoms with van der Waals surface area (Å²) in [6.45, 7) is 1.82. The molecule has 0 radical (unpaired) electrons. The Bertz CT molecular complexity index is 668. The number of carbonyl (C=O) groups excluding carboxylic acids is 1. The zero-order valence-corrected chi connectivity index (χ0v) is 12.1. The van der Waals surface area contributed by atoms with Crippen molar-refractivity contribution in [2.75, 3.05) is 5.32 Å². The Labute approximate surface area is 122 Å². The number of benzene rings is 1. The van der Waals surface area contributed by atoms with Gasteiger partial charge in [0.15, 0.2) is 0 Å². The smallest absolute Gasteiger partial charge is 0.358 e. The molecule has 8 heteroatoms. The summed E-state index contributed by atoms with van der Waals surface area (Å²) < 4.78 is 1.46. The van der Waals surface area contributed by atoms with Crippen LogP contribution in [0.1, 0.15) is 5.56 Å². The van der Waals surface area contributed by atoms with Gasteiger partial charge in [-0.1, -0.05) is 12.1 Å². The van der Waals surface area contributed by atoms with Gasteiger partial charge in [0, 0.05) is 5.69 Å². The van der Waals surface area contributed by atoms with E-state index >= 15 is 0 Å². The Hall–Kier alpha value is -2.22. The van der Waals surface area contributed by atoms with Crippen molar-refractivity contribution in [2.45, 2.75) is 13.5 Å². The normalized spacial score (nSPS) is 10.3.